The summed E-state index contributed by atoms with van der Waals surface area (Å²) in [6, 6.07) is 1.60. The first-order valence-electron chi connectivity index (χ1n) is 5.01. The van der Waals surface area contributed by atoms with E-state index in [2.05, 4.69) is 18.8 Å². The van der Waals surface area contributed by atoms with Gasteiger partial charge in [0.05, 0.1) is 24.6 Å². The maximum Gasteiger partial charge on any atom is 0.340 e. The Morgan fingerprint density at radius 3 is 2.88 bits per heavy atom. The fourth-order valence-electron chi connectivity index (χ4n) is 1.09. The predicted molar refractivity (Wildman–Crippen MR) is 65.6 cm³/mol. The number of carbonyl (C=O) groups excluding carboxylic acids is 1. The second kappa shape index (κ2) is 5.75. The number of anilines is 1. The Kier molecular flexibility index (Phi) is 4.61. The lowest BCUT2D eigenvalue weighted by molar-refractivity contribution is 0.0596. The Morgan fingerprint density at radius 2 is 2.31 bits per heavy atom. The number of nitrogen functional groups attached to an aromatic ring is 1. The van der Waals surface area contributed by atoms with Crippen molar-refractivity contribution in [3.05, 3.63) is 17.8 Å². The van der Waals surface area contributed by atoms with Crippen molar-refractivity contribution in [1.29, 1.82) is 0 Å². The second-order valence-corrected chi connectivity index (χ2v) is 4.83. The summed E-state index contributed by atoms with van der Waals surface area (Å²) in [7, 11) is 1.35. The molecule has 0 saturated heterocycles. The van der Waals surface area contributed by atoms with Gasteiger partial charge in [-0.15, -0.1) is 11.8 Å². The van der Waals surface area contributed by atoms with Crippen molar-refractivity contribution in [2.45, 2.75) is 18.9 Å². The Morgan fingerprint density at radius 1 is 1.62 bits per heavy atom. The Bertz CT molecular complexity index is 380. The molecule has 0 radical (unpaired) electrons. The average Bonchev–Trinajstić information content (AvgIpc) is 2.26. The van der Waals surface area contributed by atoms with Gasteiger partial charge in [-0.25, -0.2) is 9.78 Å². The van der Waals surface area contributed by atoms with Crippen LogP contribution >= 0.6 is 11.8 Å². The fraction of sp³-hybridized carbons (Fsp3) is 0.455. The number of rotatable bonds is 4. The standard InChI is InChI=1S/C11H16N2O2S/c1-7(2)6-16-10-9(11(14)15-3)4-8(12)5-13-10/h4-5,7H,6,12H2,1-3H3. The van der Waals surface area contributed by atoms with E-state index in [1.165, 1.54) is 7.11 Å². The summed E-state index contributed by atoms with van der Waals surface area (Å²) in [4.78, 5) is 15.7. The van der Waals surface area contributed by atoms with E-state index in [0.717, 1.165) is 5.75 Å². The molecule has 1 rings (SSSR count). The molecule has 1 aromatic rings. The number of pyridine rings is 1. The Hall–Kier alpha value is -1.23. The molecule has 0 bridgehead atoms. The van der Waals surface area contributed by atoms with Crippen molar-refractivity contribution < 1.29 is 9.53 Å². The smallest absolute Gasteiger partial charge is 0.340 e. The van der Waals surface area contributed by atoms with E-state index in [0.29, 0.717) is 22.2 Å². The SMILES string of the molecule is COC(=O)c1cc(N)cnc1SCC(C)C. The Labute approximate surface area is 99.6 Å². The van der Waals surface area contributed by atoms with Gasteiger partial charge in [-0.2, -0.15) is 0 Å². The van der Waals surface area contributed by atoms with Crippen LogP contribution in [0.5, 0.6) is 0 Å². The molecule has 0 amide bonds. The van der Waals surface area contributed by atoms with Crippen molar-refractivity contribution in [2.24, 2.45) is 5.92 Å². The molecule has 0 atom stereocenters. The number of ether oxygens (including phenoxy) is 1. The summed E-state index contributed by atoms with van der Waals surface area (Å²) in [6.07, 6.45) is 1.55. The third kappa shape index (κ3) is 3.41. The molecule has 0 aromatic carbocycles. The molecule has 1 aromatic heterocycles. The highest BCUT2D eigenvalue weighted by molar-refractivity contribution is 7.99. The van der Waals surface area contributed by atoms with Gasteiger partial charge in [0.25, 0.3) is 0 Å². The molecule has 5 heteroatoms. The minimum Gasteiger partial charge on any atom is -0.465 e. The topological polar surface area (TPSA) is 65.2 Å². The van der Waals surface area contributed by atoms with Crippen LogP contribution in [0, 0.1) is 5.92 Å². The molecular weight excluding hydrogens is 224 g/mol. The summed E-state index contributed by atoms with van der Waals surface area (Å²) in [5, 5.41) is 0.676. The van der Waals surface area contributed by atoms with Gasteiger partial charge in [-0.05, 0) is 12.0 Å². The van der Waals surface area contributed by atoms with Crippen molar-refractivity contribution in [2.75, 3.05) is 18.6 Å². The molecule has 2 N–H and O–H groups in total. The first-order chi connectivity index (χ1) is 7.54. The molecule has 4 nitrogen and oxygen atoms in total. The van der Waals surface area contributed by atoms with Crippen molar-refractivity contribution in [3.63, 3.8) is 0 Å². The van der Waals surface area contributed by atoms with Gasteiger partial charge in [0.15, 0.2) is 0 Å². The van der Waals surface area contributed by atoms with Crippen LogP contribution in [0.2, 0.25) is 0 Å². The summed E-state index contributed by atoms with van der Waals surface area (Å²) < 4.78 is 4.69. The molecule has 0 aliphatic carbocycles. The molecule has 0 aliphatic heterocycles. The van der Waals surface area contributed by atoms with Crippen molar-refractivity contribution in [1.82, 2.24) is 4.98 Å². The normalized spacial score (nSPS) is 10.5. The average molecular weight is 240 g/mol. The van der Waals surface area contributed by atoms with Gasteiger partial charge in [0, 0.05) is 5.75 Å². The van der Waals surface area contributed by atoms with E-state index < -0.39 is 5.97 Å². The molecule has 0 unspecified atom stereocenters. The number of hydrogen-bond donors (Lipinski definition) is 1. The van der Waals surface area contributed by atoms with Gasteiger partial charge in [-0.3, -0.25) is 0 Å². The molecule has 0 spiro atoms. The maximum absolute atomic E-state index is 11.5. The van der Waals surface area contributed by atoms with Crippen LogP contribution in [0.15, 0.2) is 17.3 Å². The van der Waals surface area contributed by atoms with E-state index in [-0.39, 0.29) is 0 Å². The zero-order chi connectivity index (χ0) is 12.1. The number of thioether (sulfide) groups is 1. The number of hydrogen-bond acceptors (Lipinski definition) is 5. The lowest BCUT2D eigenvalue weighted by atomic mass is 10.3. The largest absolute Gasteiger partial charge is 0.465 e. The van der Waals surface area contributed by atoms with Crippen LogP contribution in [-0.4, -0.2) is 23.8 Å². The zero-order valence-corrected chi connectivity index (χ0v) is 10.5. The lowest BCUT2D eigenvalue weighted by Crippen LogP contribution is -2.06. The zero-order valence-electron chi connectivity index (χ0n) is 9.69. The van der Waals surface area contributed by atoms with E-state index in [4.69, 9.17) is 10.5 Å². The molecule has 0 fully saturated rings. The van der Waals surface area contributed by atoms with Crippen LogP contribution in [0.1, 0.15) is 24.2 Å². The monoisotopic (exact) mass is 240 g/mol. The van der Waals surface area contributed by atoms with Crippen molar-refractivity contribution >= 4 is 23.4 Å². The second-order valence-electron chi connectivity index (χ2n) is 3.82. The highest BCUT2D eigenvalue weighted by atomic mass is 32.2. The summed E-state index contributed by atoms with van der Waals surface area (Å²) in [6.45, 7) is 4.23. The first-order valence-corrected chi connectivity index (χ1v) is 5.99. The molecule has 88 valence electrons. The van der Waals surface area contributed by atoms with Crippen LogP contribution < -0.4 is 5.73 Å². The lowest BCUT2D eigenvalue weighted by Gasteiger charge is -2.08. The number of nitrogens with two attached hydrogens (primary N) is 1. The highest BCUT2D eigenvalue weighted by Gasteiger charge is 2.14. The fourth-order valence-corrected chi connectivity index (χ4v) is 2.00. The van der Waals surface area contributed by atoms with Crippen LogP contribution in [-0.2, 0) is 4.74 Å². The third-order valence-electron chi connectivity index (χ3n) is 1.83. The van der Waals surface area contributed by atoms with Gasteiger partial charge in [0.2, 0.25) is 0 Å². The van der Waals surface area contributed by atoms with Crippen LogP contribution in [0.3, 0.4) is 0 Å². The molecule has 0 aliphatic rings. The van der Waals surface area contributed by atoms with E-state index in [9.17, 15) is 4.79 Å². The highest BCUT2D eigenvalue weighted by Crippen LogP contribution is 2.24. The molecule has 1 heterocycles. The van der Waals surface area contributed by atoms with Gasteiger partial charge < -0.3 is 10.5 Å². The summed E-state index contributed by atoms with van der Waals surface area (Å²) in [5.74, 6) is 1.04. The van der Waals surface area contributed by atoms with E-state index >= 15 is 0 Å². The number of esters is 1. The number of nitrogens with zero attached hydrogens (tertiary/aromatic N) is 1. The van der Waals surface area contributed by atoms with Crippen LogP contribution in [0.4, 0.5) is 5.69 Å². The quantitative estimate of drug-likeness (QED) is 0.645. The molecular formula is C11H16N2O2S. The molecule has 16 heavy (non-hydrogen) atoms. The maximum atomic E-state index is 11.5. The van der Waals surface area contributed by atoms with E-state index in [1.54, 1.807) is 24.0 Å². The minimum absolute atomic E-state index is 0.397. The van der Waals surface area contributed by atoms with Crippen LogP contribution in [0.25, 0.3) is 0 Å². The Balaban J connectivity index is 2.93. The third-order valence-corrected chi connectivity index (χ3v) is 3.26. The number of methoxy groups -OCH3 is 1. The first kappa shape index (κ1) is 12.8. The number of carbonyl (C=O) groups is 1. The van der Waals surface area contributed by atoms with Gasteiger partial charge in [0.1, 0.15) is 5.03 Å². The predicted octanol–water partition coefficient (Wildman–Crippen LogP) is 2.20. The summed E-state index contributed by atoms with van der Waals surface area (Å²) in [5.41, 5.74) is 6.50. The summed E-state index contributed by atoms with van der Waals surface area (Å²) >= 11 is 1.54. The minimum atomic E-state index is -0.397. The number of aromatic nitrogens is 1. The van der Waals surface area contributed by atoms with Gasteiger partial charge >= 0.3 is 5.97 Å². The molecule has 0 saturated carbocycles. The van der Waals surface area contributed by atoms with Crippen molar-refractivity contribution in [3.8, 4) is 0 Å². The van der Waals surface area contributed by atoms with E-state index in [1.807, 2.05) is 0 Å². The van der Waals surface area contributed by atoms with Gasteiger partial charge in [-0.1, -0.05) is 13.8 Å².